The maximum absolute atomic E-state index is 13.2. The van der Waals surface area contributed by atoms with Crippen molar-refractivity contribution in [2.45, 2.75) is 13.8 Å². The predicted molar refractivity (Wildman–Crippen MR) is 139 cm³/mol. The van der Waals surface area contributed by atoms with E-state index < -0.39 is 5.97 Å². The van der Waals surface area contributed by atoms with Crippen molar-refractivity contribution in [2.75, 3.05) is 47.2 Å². The largest absolute Gasteiger partial charge is 0.497 e. The zero-order valence-corrected chi connectivity index (χ0v) is 21.6. The quantitative estimate of drug-likeness (QED) is 0.306. The van der Waals surface area contributed by atoms with Crippen molar-refractivity contribution in [3.8, 4) is 17.2 Å². The molecule has 1 aliphatic rings. The fraction of sp³-hybridized carbons (Fsp3) is 0.346. The number of ether oxygens (including phenoxy) is 5. The Morgan fingerprint density at radius 2 is 1.81 bits per heavy atom. The van der Waals surface area contributed by atoms with Gasteiger partial charge in [0.1, 0.15) is 5.75 Å². The van der Waals surface area contributed by atoms with Crippen LogP contribution in [0.15, 0.2) is 52.4 Å². The Labute approximate surface area is 215 Å². The van der Waals surface area contributed by atoms with Crippen LogP contribution in [0.3, 0.4) is 0 Å². The van der Waals surface area contributed by atoms with Gasteiger partial charge in [-0.05, 0) is 73.6 Å². The van der Waals surface area contributed by atoms with Crippen LogP contribution in [-0.4, -0.2) is 69.1 Å². The lowest BCUT2D eigenvalue weighted by Crippen LogP contribution is -2.32. The van der Waals surface area contributed by atoms with Gasteiger partial charge in [0.15, 0.2) is 23.3 Å². The van der Waals surface area contributed by atoms with Gasteiger partial charge in [-0.3, -0.25) is 9.69 Å². The van der Waals surface area contributed by atoms with Gasteiger partial charge in [-0.1, -0.05) is 6.07 Å². The number of benzene rings is 2. The smallest absolute Gasteiger partial charge is 0.344 e. The molecule has 192 valence electrons. The average Bonchev–Trinajstić information content (AvgIpc) is 3.16. The molecular weight excluding hydrogens is 484 g/mol. The molecule has 2 aromatic carbocycles. The Balaban J connectivity index is 1.86. The van der Waals surface area contributed by atoms with Crippen molar-refractivity contribution in [3.63, 3.8) is 0 Å². The van der Waals surface area contributed by atoms with Crippen LogP contribution in [-0.2, 0) is 19.1 Å². The molecule has 36 heavy (non-hydrogen) atoms. The van der Waals surface area contributed by atoms with E-state index in [1.54, 1.807) is 50.3 Å². The Morgan fingerprint density at radius 1 is 1.03 bits per heavy atom. The van der Waals surface area contributed by atoms with Crippen LogP contribution in [0.4, 0.5) is 5.69 Å². The van der Waals surface area contributed by atoms with Crippen molar-refractivity contribution >= 4 is 40.6 Å². The maximum atomic E-state index is 13.2. The molecular formula is C26H30N2O7S. The summed E-state index contributed by atoms with van der Waals surface area (Å²) in [5, 5.41) is 0.563. The number of esters is 1. The van der Waals surface area contributed by atoms with Crippen LogP contribution < -0.4 is 14.2 Å². The van der Waals surface area contributed by atoms with Gasteiger partial charge in [-0.2, -0.15) is 0 Å². The van der Waals surface area contributed by atoms with E-state index in [4.69, 9.17) is 23.7 Å². The first-order valence-electron chi connectivity index (χ1n) is 11.5. The van der Waals surface area contributed by atoms with Crippen molar-refractivity contribution < 1.29 is 33.3 Å². The minimum atomic E-state index is -0.459. The molecule has 1 fully saturated rings. The summed E-state index contributed by atoms with van der Waals surface area (Å²) in [6.07, 6.45) is 1.78. The van der Waals surface area contributed by atoms with E-state index in [-0.39, 0.29) is 19.1 Å². The predicted octanol–water partition coefficient (Wildman–Crippen LogP) is 4.29. The number of amides is 1. The molecule has 1 heterocycles. The number of carbonyl (C=O) groups is 2. The summed E-state index contributed by atoms with van der Waals surface area (Å²) in [4.78, 5) is 31.6. The molecule has 10 heteroatoms. The zero-order chi connectivity index (χ0) is 25.9. The molecule has 0 aliphatic carbocycles. The number of amidine groups is 1. The van der Waals surface area contributed by atoms with Crippen LogP contribution in [0, 0.1) is 0 Å². The second kappa shape index (κ2) is 13.6. The Kier molecular flexibility index (Phi) is 10.2. The molecule has 1 amide bonds. The number of aliphatic imine (C=N–C) groups is 1. The Morgan fingerprint density at radius 3 is 2.47 bits per heavy atom. The fourth-order valence-corrected chi connectivity index (χ4v) is 4.26. The van der Waals surface area contributed by atoms with E-state index >= 15 is 0 Å². The summed E-state index contributed by atoms with van der Waals surface area (Å²) >= 11 is 1.29. The van der Waals surface area contributed by atoms with E-state index in [0.717, 1.165) is 11.3 Å². The van der Waals surface area contributed by atoms with E-state index in [2.05, 4.69) is 4.99 Å². The van der Waals surface area contributed by atoms with Gasteiger partial charge >= 0.3 is 5.97 Å². The first kappa shape index (κ1) is 27.1. The van der Waals surface area contributed by atoms with E-state index in [9.17, 15) is 9.59 Å². The molecule has 0 atom stereocenters. The van der Waals surface area contributed by atoms with Crippen LogP contribution in [0.2, 0.25) is 0 Å². The first-order chi connectivity index (χ1) is 17.5. The molecule has 0 unspecified atom stereocenters. The highest BCUT2D eigenvalue weighted by atomic mass is 32.2. The number of hydrogen-bond acceptors (Lipinski definition) is 9. The van der Waals surface area contributed by atoms with E-state index in [1.807, 2.05) is 31.2 Å². The van der Waals surface area contributed by atoms with Gasteiger partial charge in [0, 0.05) is 7.11 Å². The average molecular weight is 515 g/mol. The number of nitrogens with zero attached hydrogens (tertiary/aromatic N) is 2. The number of rotatable bonds is 12. The minimum absolute atomic E-state index is 0.162. The molecule has 3 rings (SSSR count). The van der Waals surface area contributed by atoms with Crippen LogP contribution >= 0.6 is 11.8 Å². The number of carbonyl (C=O) groups excluding carboxylic acids is 2. The third kappa shape index (κ3) is 7.25. The van der Waals surface area contributed by atoms with Crippen LogP contribution in [0.5, 0.6) is 17.2 Å². The van der Waals surface area contributed by atoms with Crippen molar-refractivity contribution in [3.05, 3.63) is 52.9 Å². The maximum Gasteiger partial charge on any atom is 0.344 e. The molecule has 9 nitrogen and oxygen atoms in total. The minimum Gasteiger partial charge on any atom is -0.497 e. The third-order valence-electron chi connectivity index (χ3n) is 4.92. The van der Waals surface area contributed by atoms with Crippen molar-refractivity contribution in [1.82, 2.24) is 4.90 Å². The topological polar surface area (TPSA) is 95.9 Å². The van der Waals surface area contributed by atoms with Gasteiger partial charge < -0.3 is 23.7 Å². The lowest BCUT2D eigenvalue weighted by Gasteiger charge is -2.14. The Hall–Kier alpha value is -3.50. The third-order valence-corrected chi connectivity index (χ3v) is 5.93. The summed E-state index contributed by atoms with van der Waals surface area (Å²) in [6, 6.07) is 12.6. The van der Waals surface area contributed by atoms with Gasteiger partial charge in [0.25, 0.3) is 5.91 Å². The molecule has 0 bridgehead atoms. The fourth-order valence-electron chi connectivity index (χ4n) is 3.23. The number of methoxy groups -OCH3 is 2. The molecule has 1 aliphatic heterocycles. The lowest BCUT2D eigenvalue weighted by molar-refractivity contribution is -0.145. The highest BCUT2D eigenvalue weighted by Crippen LogP contribution is 2.36. The molecule has 0 aromatic heterocycles. The number of hydrogen-bond donors (Lipinski definition) is 0. The zero-order valence-electron chi connectivity index (χ0n) is 20.8. The van der Waals surface area contributed by atoms with Crippen LogP contribution in [0.25, 0.3) is 6.08 Å². The standard InChI is InChI=1S/C26H30N2O7S/c1-5-33-22-15-18(7-12-21(22)35-17-24(29)34-6-2)16-23-25(30)28(13-14-31-3)26(36-23)27-19-8-10-20(32-4)11-9-19/h7-12,15-16H,5-6,13-14,17H2,1-4H3/b23-16-,27-26?. The van der Waals surface area contributed by atoms with Gasteiger partial charge in [0.2, 0.25) is 0 Å². The Bertz CT molecular complexity index is 1120. The monoisotopic (exact) mass is 514 g/mol. The van der Waals surface area contributed by atoms with Gasteiger partial charge in [-0.15, -0.1) is 0 Å². The number of thioether (sulfide) groups is 1. The van der Waals surface area contributed by atoms with E-state index in [1.165, 1.54) is 11.8 Å². The molecule has 0 saturated carbocycles. The van der Waals surface area contributed by atoms with Crippen LogP contribution in [0.1, 0.15) is 19.4 Å². The van der Waals surface area contributed by atoms with Crippen molar-refractivity contribution in [2.24, 2.45) is 4.99 Å². The molecule has 2 aromatic rings. The molecule has 0 radical (unpaired) electrons. The highest BCUT2D eigenvalue weighted by Gasteiger charge is 2.33. The SMILES string of the molecule is CCOC(=O)COc1ccc(/C=C2\SC(=Nc3ccc(OC)cc3)N(CCOC)C2=O)cc1OCC. The van der Waals surface area contributed by atoms with E-state index in [0.29, 0.717) is 47.0 Å². The second-order valence-electron chi connectivity index (χ2n) is 7.39. The van der Waals surface area contributed by atoms with Gasteiger partial charge in [-0.25, -0.2) is 9.79 Å². The molecule has 0 N–H and O–H groups in total. The summed E-state index contributed by atoms with van der Waals surface area (Å²) in [6.45, 7) is 4.81. The van der Waals surface area contributed by atoms with Gasteiger partial charge in [0.05, 0.1) is 44.1 Å². The lowest BCUT2D eigenvalue weighted by atomic mass is 10.2. The second-order valence-corrected chi connectivity index (χ2v) is 8.39. The molecule has 1 saturated heterocycles. The summed E-state index contributed by atoms with van der Waals surface area (Å²) in [5.41, 5.74) is 1.45. The highest BCUT2D eigenvalue weighted by molar-refractivity contribution is 8.18. The molecule has 0 spiro atoms. The summed E-state index contributed by atoms with van der Waals surface area (Å²) in [5.74, 6) is 0.991. The summed E-state index contributed by atoms with van der Waals surface area (Å²) in [7, 11) is 3.19. The first-order valence-corrected chi connectivity index (χ1v) is 12.3. The normalized spacial score (nSPS) is 15.4. The van der Waals surface area contributed by atoms with Crippen molar-refractivity contribution in [1.29, 1.82) is 0 Å². The summed E-state index contributed by atoms with van der Waals surface area (Å²) < 4.78 is 26.6.